The van der Waals surface area contributed by atoms with Crippen molar-refractivity contribution in [3.8, 4) is 11.3 Å². The Bertz CT molecular complexity index is 1010. The first-order valence-electron chi connectivity index (χ1n) is 10.4. The van der Waals surface area contributed by atoms with Crippen LogP contribution in [-0.2, 0) is 13.0 Å². The van der Waals surface area contributed by atoms with E-state index in [2.05, 4.69) is 20.8 Å². The predicted molar refractivity (Wildman–Crippen MR) is 123 cm³/mol. The van der Waals surface area contributed by atoms with Gasteiger partial charge in [-0.1, -0.05) is 47.6 Å². The topological polar surface area (TPSA) is 82.8 Å². The summed E-state index contributed by atoms with van der Waals surface area (Å²) in [4.78, 5) is 18.3. The Labute approximate surface area is 183 Å². The van der Waals surface area contributed by atoms with Crippen molar-refractivity contribution in [2.75, 3.05) is 27.2 Å². The van der Waals surface area contributed by atoms with Crippen LogP contribution >= 0.6 is 0 Å². The van der Waals surface area contributed by atoms with Gasteiger partial charge < -0.3 is 20.1 Å². The van der Waals surface area contributed by atoms with Crippen LogP contribution in [0.4, 0.5) is 0 Å². The Balaban J connectivity index is 1.57. The molecule has 2 N–H and O–H groups in total. The molecule has 0 spiro atoms. The minimum Gasteiger partial charge on any atom is -0.357 e. The second kappa shape index (κ2) is 11.0. The Morgan fingerprint density at radius 1 is 1.06 bits per heavy atom. The molecule has 3 rings (SSSR count). The highest BCUT2D eigenvalue weighted by Gasteiger charge is 2.09. The van der Waals surface area contributed by atoms with Gasteiger partial charge in [0.2, 0.25) is 0 Å². The molecule has 3 aromatic rings. The number of nitrogens with one attached hydrogen (secondary N) is 2. The van der Waals surface area contributed by atoms with Gasteiger partial charge in [0.25, 0.3) is 5.91 Å². The van der Waals surface area contributed by atoms with Crippen molar-refractivity contribution in [3.05, 3.63) is 77.5 Å². The number of hydrogen-bond donors (Lipinski definition) is 2. The van der Waals surface area contributed by atoms with E-state index >= 15 is 0 Å². The number of aromatic nitrogens is 1. The van der Waals surface area contributed by atoms with E-state index in [1.807, 2.05) is 67.6 Å². The van der Waals surface area contributed by atoms with Crippen LogP contribution in [-0.4, -0.2) is 49.1 Å². The third-order valence-electron chi connectivity index (χ3n) is 4.65. The number of benzene rings is 2. The maximum absolute atomic E-state index is 12.1. The predicted octanol–water partition coefficient (Wildman–Crippen LogP) is 3.34. The van der Waals surface area contributed by atoms with Crippen LogP contribution in [0.3, 0.4) is 0 Å². The van der Waals surface area contributed by atoms with Crippen molar-refractivity contribution >= 4 is 11.9 Å². The number of amides is 1. The zero-order valence-corrected chi connectivity index (χ0v) is 18.3. The quantitative estimate of drug-likeness (QED) is 0.432. The molecule has 0 unspecified atom stereocenters. The molecule has 0 bridgehead atoms. The van der Waals surface area contributed by atoms with Crippen LogP contribution in [0.2, 0.25) is 0 Å². The van der Waals surface area contributed by atoms with Crippen LogP contribution in [0.5, 0.6) is 0 Å². The van der Waals surface area contributed by atoms with Gasteiger partial charge in [0.1, 0.15) is 5.69 Å². The molecule has 162 valence electrons. The van der Waals surface area contributed by atoms with Gasteiger partial charge in [-0.15, -0.1) is 0 Å². The monoisotopic (exact) mass is 419 g/mol. The summed E-state index contributed by atoms with van der Waals surface area (Å²) in [5, 5.41) is 10.7. The average molecular weight is 420 g/mol. The van der Waals surface area contributed by atoms with Gasteiger partial charge in [0.05, 0.1) is 6.54 Å². The van der Waals surface area contributed by atoms with Crippen molar-refractivity contribution in [2.45, 2.75) is 19.9 Å². The molecule has 1 aromatic heterocycles. The summed E-state index contributed by atoms with van der Waals surface area (Å²) >= 11 is 0. The molecule has 7 nitrogen and oxygen atoms in total. The van der Waals surface area contributed by atoms with E-state index in [1.54, 1.807) is 19.0 Å². The Kier molecular flexibility index (Phi) is 7.81. The largest absolute Gasteiger partial charge is 0.357 e. The summed E-state index contributed by atoms with van der Waals surface area (Å²) in [6.07, 6.45) is 0.779. The lowest BCUT2D eigenvalue weighted by atomic mass is 10.1. The third-order valence-corrected chi connectivity index (χ3v) is 4.65. The maximum atomic E-state index is 12.1. The molecule has 0 atom stereocenters. The molecule has 0 saturated heterocycles. The molecule has 0 fully saturated rings. The van der Waals surface area contributed by atoms with Crippen LogP contribution in [0.25, 0.3) is 11.3 Å². The number of carbonyl (C=O) groups excluding carboxylic acids is 1. The standard InChI is InChI=1S/C24H29N5O2/c1-4-25-24(26-14-13-18-9-8-12-20(15-18)23(30)29(2)3)27-17-21-16-22(31-28-21)19-10-6-5-7-11-19/h5-12,15-16H,4,13-14,17H2,1-3H3,(H2,25,26,27). The first-order chi connectivity index (χ1) is 15.1. The van der Waals surface area contributed by atoms with Gasteiger partial charge in [-0.25, -0.2) is 4.99 Å². The Hall–Kier alpha value is -3.61. The molecule has 0 radical (unpaired) electrons. The number of aliphatic imine (C=N–C) groups is 1. The van der Waals surface area contributed by atoms with Crippen molar-refractivity contribution in [2.24, 2.45) is 4.99 Å². The van der Waals surface area contributed by atoms with Gasteiger partial charge in [0.15, 0.2) is 11.7 Å². The fourth-order valence-corrected chi connectivity index (χ4v) is 3.07. The molecule has 2 aromatic carbocycles. The molecule has 0 aliphatic rings. The molecular formula is C24H29N5O2. The molecule has 1 amide bonds. The smallest absolute Gasteiger partial charge is 0.253 e. The summed E-state index contributed by atoms with van der Waals surface area (Å²) in [5.74, 6) is 1.45. The molecular weight excluding hydrogens is 390 g/mol. The molecule has 0 saturated carbocycles. The van der Waals surface area contributed by atoms with E-state index < -0.39 is 0 Å². The Morgan fingerprint density at radius 2 is 1.87 bits per heavy atom. The summed E-state index contributed by atoms with van der Waals surface area (Å²) in [6.45, 7) is 3.89. The minimum atomic E-state index is 0.00666. The molecule has 1 heterocycles. The molecule has 31 heavy (non-hydrogen) atoms. The normalized spacial score (nSPS) is 11.3. The average Bonchev–Trinajstić information content (AvgIpc) is 3.27. The number of hydrogen-bond acceptors (Lipinski definition) is 4. The highest BCUT2D eigenvalue weighted by atomic mass is 16.5. The van der Waals surface area contributed by atoms with E-state index in [9.17, 15) is 4.79 Å². The molecule has 0 aliphatic carbocycles. The van der Waals surface area contributed by atoms with E-state index in [1.165, 1.54) is 0 Å². The summed E-state index contributed by atoms with van der Waals surface area (Å²) in [6, 6.07) is 19.5. The van der Waals surface area contributed by atoms with Crippen LogP contribution in [0, 0.1) is 0 Å². The van der Waals surface area contributed by atoms with Crippen molar-refractivity contribution in [3.63, 3.8) is 0 Å². The van der Waals surface area contributed by atoms with Crippen molar-refractivity contribution in [1.82, 2.24) is 20.7 Å². The van der Waals surface area contributed by atoms with E-state index in [0.29, 0.717) is 24.6 Å². The summed E-state index contributed by atoms with van der Waals surface area (Å²) < 4.78 is 5.44. The van der Waals surface area contributed by atoms with Crippen molar-refractivity contribution in [1.29, 1.82) is 0 Å². The fourth-order valence-electron chi connectivity index (χ4n) is 3.07. The Morgan fingerprint density at radius 3 is 2.61 bits per heavy atom. The molecule has 7 heteroatoms. The fraction of sp³-hybridized carbons (Fsp3) is 0.292. The maximum Gasteiger partial charge on any atom is 0.253 e. The second-order valence-electron chi connectivity index (χ2n) is 7.32. The lowest BCUT2D eigenvalue weighted by Gasteiger charge is -2.13. The lowest BCUT2D eigenvalue weighted by Crippen LogP contribution is -2.38. The summed E-state index contributed by atoms with van der Waals surface area (Å²) in [7, 11) is 3.51. The van der Waals surface area contributed by atoms with Gasteiger partial charge in [-0.2, -0.15) is 0 Å². The number of guanidine groups is 1. The third kappa shape index (κ3) is 6.44. The highest BCUT2D eigenvalue weighted by molar-refractivity contribution is 5.94. The number of rotatable bonds is 8. The minimum absolute atomic E-state index is 0.00666. The van der Waals surface area contributed by atoms with E-state index in [-0.39, 0.29) is 5.91 Å². The zero-order valence-electron chi connectivity index (χ0n) is 18.3. The van der Waals surface area contributed by atoms with Crippen molar-refractivity contribution < 1.29 is 9.32 Å². The SMILES string of the molecule is CCNC(=NCc1cc(-c2ccccc2)on1)NCCc1cccc(C(=O)N(C)C)c1. The first kappa shape index (κ1) is 22.1. The zero-order chi connectivity index (χ0) is 22.1. The van der Waals surface area contributed by atoms with Gasteiger partial charge >= 0.3 is 0 Å². The molecule has 0 aliphatic heterocycles. The van der Waals surface area contributed by atoms with Crippen LogP contribution in [0.1, 0.15) is 28.5 Å². The second-order valence-corrected chi connectivity index (χ2v) is 7.32. The van der Waals surface area contributed by atoms with Gasteiger partial charge in [-0.3, -0.25) is 4.79 Å². The lowest BCUT2D eigenvalue weighted by molar-refractivity contribution is 0.0827. The van der Waals surface area contributed by atoms with E-state index in [0.717, 1.165) is 35.5 Å². The van der Waals surface area contributed by atoms with Crippen LogP contribution < -0.4 is 10.6 Å². The first-order valence-corrected chi connectivity index (χ1v) is 10.4. The highest BCUT2D eigenvalue weighted by Crippen LogP contribution is 2.19. The van der Waals surface area contributed by atoms with Gasteiger partial charge in [-0.05, 0) is 31.0 Å². The van der Waals surface area contributed by atoms with E-state index in [4.69, 9.17) is 4.52 Å². The van der Waals surface area contributed by atoms with Gasteiger partial charge in [0, 0.05) is 44.4 Å². The number of nitrogens with zero attached hydrogens (tertiary/aromatic N) is 3. The number of carbonyl (C=O) groups is 1. The van der Waals surface area contributed by atoms with Crippen LogP contribution in [0.15, 0.2) is 70.2 Å². The summed E-state index contributed by atoms with van der Waals surface area (Å²) in [5.41, 5.74) is 3.56.